The number of likely N-dealkylation sites (tertiary alicyclic amines) is 1. The van der Waals surface area contributed by atoms with Crippen molar-refractivity contribution in [3.63, 3.8) is 0 Å². The zero-order valence-corrected chi connectivity index (χ0v) is 12.7. The van der Waals surface area contributed by atoms with Crippen molar-refractivity contribution in [2.75, 3.05) is 26.2 Å². The topological polar surface area (TPSA) is 15.3 Å². The van der Waals surface area contributed by atoms with Crippen molar-refractivity contribution in [3.05, 3.63) is 35.9 Å². The van der Waals surface area contributed by atoms with Crippen LogP contribution in [0, 0.1) is 5.41 Å². The molecule has 0 bridgehead atoms. The lowest BCUT2D eigenvalue weighted by molar-refractivity contribution is 0.260. The minimum atomic E-state index is 0.468. The first-order valence-electron chi connectivity index (χ1n) is 7.61. The summed E-state index contributed by atoms with van der Waals surface area (Å²) >= 11 is 0. The minimum Gasteiger partial charge on any atom is -0.309 e. The Morgan fingerprint density at radius 2 is 2.00 bits per heavy atom. The largest absolute Gasteiger partial charge is 0.309 e. The molecule has 0 amide bonds. The van der Waals surface area contributed by atoms with Crippen LogP contribution in [0.4, 0.5) is 0 Å². The Morgan fingerprint density at radius 3 is 2.58 bits per heavy atom. The summed E-state index contributed by atoms with van der Waals surface area (Å²) in [6.45, 7) is 11.7. The van der Waals surface area contributed by atoms with Gasteiger partial charge in [-0.2, -0.15) is 0 Å². The van der Waals surface area contributed by atoms with Gasteiger partial charge in [-0.25, -0.2) is 0 Å². The molecule has 2 rings (SSSR count). The van der Waals surface area contributed by atoms with Gasteiger partial charge in [0, 0.05) is 19.1 Å². The van der Waals surface area contributed by atoms with E-state index >= 15 is 0 Å². The van der Waals surface area contributed by atoms with Gasteiger partial charge in [-0.3, -0.25) is 0 Å². The molecule has 1 fully saturated rings. The predicted octanol–water partition coefficient (Wildman–Crippen LogP) is 3.46. The number of benzene rings is 1. The number of hydrogen-bond acceptors (Lipinski definition) is 2. The summed E-state index contributed by atoms with van der Waals surface area (Å²) < 4.78 is 0. The van der Waals surface area contributed by atoms with Gasteiger partial charge in [-0.05, 0) is 36.9 Å². The van der Waals surface area contributed by atoms with Crippen LogP contribution in [-0.2, 0) is 0 Å². The van der Waals surface area contributed by atoms with Crippen LogP contribution in [0.25, 0.3) is 0 Å². The summed E-state index contributed by atoms with van der Waals surface area (Å²) in [5, 5.41) is 3.70. The van der Waals surface area contributed by atoms with Gasteiger partial charge in [0.1, 0.15) is 0 Å². The molecule has 106 valence electrons. The van der Waals surface area contributed by atoms with E-state index in [9.17, 15) is 0 Å². The third kappa shape index (κ3) is 4.32. The molecular weight excluding hydrogens is 232 g/mol. The maximum Gasteiger partial charge on any atom is 0.0449 e. The van der Waals surface area contributed by atoms with Crippen LogP contribution in [-0.4, -0.2) is 31.1 Å². The molecule has 1 aromatic carbocycles. The smallest absolute Gasteiger partial charge is 0.0449 e. The molecule has 1 saturated heterocycles. The molecule has 1 N–H and O–H groups in total. The number of hydrogen-bond donors (Lipinski definition) is 1. The molecule has 0 aromatic heterocycles. The van der Waals surface area contributed by atoms with E-state index in [4.69, 9.17) is 0 Å². The maximum absolute atomic E-state index is 3.70. The van der Waals surface area contributed by atoms with Gasteiger partial charge in [0.25, 0.3) is 0 Å². The van der Waals surface area contributed by atoms with E-state index in [0.29, 0.717) is 11.5 Å². The standard InChI is InChI=1S/C17H28N2/c1-4-11-18-16(15-8-6-5-7-9-15)13-19-12-10-17(2,3)14-19/h5-9,16,18H,4,10-14H2,1-3H3. The van der Waals surface area contributed by atoms with Gasteiger partial charge in [-0.15, -0.1) is 0 Å². The summed E-state index contributed by atoms with van der Waals surface area (Å²) in [7, 11) is 0. The predicted molar refractivity (Wildman–Crippen MR) is 82.3 cm³/mol. The average Bonchev–Trinajstić information content (AvgIpc) is 2.75. The zero-order chi connectivity index (χ0) is 13.7. The van der Waals surface area contributed by atoms with Crippen molar-refractivity contribution in [3.8, 4) is 0 Å². The normalized spacial score (nSPS) is 20.6. The summed E-state index contributed by atoms with van der Waals surface area (Å²) in [5.74, 6) is 0. The van der Waals surface area contributed by atoms with E-state index in [-0.39, 0.29) is 0 Å². The Kier molecular flexibility index (Phi) is 5.00. The first kappa shape index (κ1) is 14.5. The van der Waals surface area contributed by atoms with Crippen molar-refractivity contribution < 1.29 is 0 Å². The van der Waals surface area contributed by atoms with Crippen LogP contribution in [0.3, 0.4) is 0 Å². The Hall–Kier alpha value is -0.860. The number of nitrogens with one attached hydrogen (secondary N) is 1. The van der Waals surface area contributed by atoms with Crippen molar-refractivity contribution >= 4 is 0 Å². The van der Waals surface area contributed by atoms with Crippen LogP contribution >= 0.6 is 0 Å². The summed E-state index contributed by atoms with van der Waals surface area (Å²) in [6.07, 6.45) is 2.51. The third-order valence-electron chi connectivity index (χ3n) is 4.04. The monoisotopic (exact) mass is 260 g/mol. The Morgan fingerprint density at radius 1 is 1.26 bits per heavy atom. The van der Waals surface area contributed by atoms with Crippen molar-refractivity contribution in [2.24, 2.45) is 5.41 Å². The van der Waals surface area contributed by atoms with E-state index in [1.165, 1.54) is 31.5 Å². The van der Waals surface area contributed by atoms with Gasteiger partial charge in [-0.1, -0.05) is 51.1 Å². The Balaban J connectivity index is 1.98. The van der Waals surface area contributed by atoms with Crippen LogP contribution in [0.15, 0.2) is 30.3 Å². The molecule has 1 atom stereocenters. The molecule has 1 heterocycles. The average molecular weight is 260 g/mol. The second kappa shape index (κ2) is 6.53. The first-order chi connectivity index (χ1) is 9.11. The zero-order valence-electron chi connectivity index (χ0n) is 12.7. The lowest BCUT2D eigenvalue weighted by atomic mass is 9.93. The Labute approximate surface area is 118 Å². The fraction of sp³-hybridized carbons (Fsp3) is 0.647. The number of nitrogens with zero attached hydrogens (tertiary/aromatic N) is 1. The van der Waals surface area contributed by atoms with E-state index in [1.807, 2.05) is 0 Å². The fourth-order valence-corrected chi connectivity index (χ4v) is 2.93. The van der Waals surface area contributed by atoms with Crippen LogP contribution in [0.2, 0.25) is 0 Å². The lowest BCUT2D eigenvalue weighted by Gasteiger charge is -2.26. The van der Waals surface area contributed by atoms with Gasteiger partial charge in [0.05, 0.1) is 0 Å². The van der Waals surface area contributed by atoms with Crippen LogP contribution in [0.5, 0.6) is 0 Å². The minimum absolute atomic E-state index is 0.468. The fourth-order valence-electron chi connectivity index (χ4n) is 2.93. The van der Waals surface area contributed by atoms with Crippen molar-refractivity contribution in [1.82, 2.24) is 10.2 Å². The molecule has 1 unspecified atom stereocenters. The molecule has 1 aliphatic rings. The molecule has 2 heteroatoms. The van der Waals surface area contributed by atoms with E-state index in [0.717, 1.165) is 13.1 Å². The molecule has 1 aliphatic heterocycles. The van der Waals surface area contributed by atoms with Gasteiger partial charge in [0.15, 0.2) is 0 Å². The van der Waals surface area contributed by atoms with E-state index in [2.05, 4.69) is 61.3 Å². The SMILES string of the molecule is CCCNC(CN1CCC(C)(C)C1)c1ccccc1. The summed E-state index contributed by atoms with van der Waals surface area (Å²) in [4.78, 5) is 2.61. The van der Waals surface area contributed by atoms with Gasteiger partial charge in [0.2, 0.25) is 0 Å². The van der Waals surface area contributed by atoms with Crippen LogP contribution < -0.4 is 5.32 Å². The van der Waals surface area contributed by atoms with Crippen LogP contribution in [0.1, 0.15) is 45.2 Å². The van der Waals surface area contributed by atoms with E-state index in [1.54, 1.807) is 0 Å². The molecular formula is C17H28N2. The lowest BCUT2D eigenvalue weighted by Crippen LogP contribution is -2.35. The second-order valence-corrected chi connectivity index (χ2v) is 6.57. The first-order valence-corrected chi connectivity index (χ1v) is 7.61. The van der Waals surface area contributed by atoms with Crippen molar-refractivity contribution in [1.29, 1.82) is 0 Å². The molecule has 0 radical (unpaired) electrons. The highest BCUT2D eigenvalue weighted by Gasteiger charge is 2.30. The summed E-state index contributed by atoms with van der Waals surface area (Å²) in [5.41, 5.74) is 1.91. The Bertz CT molecular complexity index is 372. The third-order valence-corrected chi connectivity index (χ3v) is 4.04. The highest BCUT2D eigenvalue weighted by atomic mass is 15.2. The molecule has 0 saturated carbocycles. The van der Waals surface area contributed by atoms with Gasteiger partial charge < -0.3 is 10.2 Å². The van der Waals surface area contributed by atoms with E-state index < -0.39 is 0 Å². The van der Waals surface area contributed by atoms with Gasteiger partial charge >= 0.3 is 0 Å². The molecule has 0 aliphatic carbocycles. The second-order valence-electron chi connectivity index (χ2n) is 6.57. The molecule has 2 nitrogen and oxygen atoms in total. The molecule has 0 spiro atoms. The van der Waals surface area contributed by atoms with Crippen molar-refractivity contribution in [2.45, 2.75) is 39.7 Å². The molecule has 1 aromatic rings. The number of rotatable bonds is 6. The highest BCUT2D eigenvalue weighted by Crippen LogP contribution is 2.30. The maximum atomic E-state index is 3.70. The highest BCUT2D eigenvalue weighted by molar-refractivity contribution is 5.19. The quantitative estimate of drug-likeness (QED) is 0.842. The molecule has 19 heavy (non-hydrogen) atoms. The summed E-state index contributed by atoms with van der Waals surface area (Å²) in [6, 6.07) is 11.3.